The second-order valence-corrected chi connectivity index (χ2v) is 3.97. The van der Waals surface area contributed by atoms with Gasteiger partial charge in [0.25, 0.3) is 0 Å². The lowest BCUT2D eigenvalue weighted by molar-refractivity contribution is -0.137. The third-order valence-corrected chi connectivity index (χ3v) is 2.27. The highest BCUT2D eigenvalue weighted by atomic mass is 35.5. The molecule has 0 spiro atoms. The van der Waals surface area contributed by atoms with Crippen molar-refractivity contribution in [2.75, 3.05) is 0 Å². The van der Waals surface area contributed by atoms with Crippen molar-refractivity contribution in [1.82, 2.24) is 0 Å². The van der Waals surface area contributed by atoms with Crippen LogP contribution in [0.5, 0.6) is 0 Å². The molecule has 0 amide bonds. The van der Waals surface area contributed by atoms with Gasteiger partial charge >= 0.3 is 5.97 Å². The highest BCUT2D eigenvalue weighted by Gasteiger charge is 2.07. The smallest absolute Gasteiger partial charge is 0.303 e. The maximum atomic E-state index is 10.4. The van der Waals surface area contributed by atoms with Gasteiger partial charge in [-0.25, -0.2) is 0 Å². The molecule has 0 fully saturated rings. The van der Waals surface area contributed by atoms with Crippen LogP contribution in [-0.4, -0.2) is 11.1 Å². The largest absolute Gasteiger partial charge is 0.481 e. The first-order valence-electron chi connectivity index (χ1n) is 4.54. The Kier molecular flexibility index (Phi) is 3.96. The fourth-order valence-corrected chi connectivity index (χ4v) is 1.52. The van der Waals surface area contributed by atoms with Crippen molar-refractivity contribution >= 4 is 17.6 Å². The Morgan fingerprint density at radius 1 is 1.43 bits per heavy atom. The van der Waals surface area contributed by atoms with Crippen molar-refractivity contribution in [2.24, 2.45) is 5.92 Å². The van der Waals surface area contributed by atoms with Crippen LogP contribution in [0.2, 0.25) is 5.02 Å². The lowest BCUT2D eigenvalue weighted by Crippen LogP contribution is -2.06. The maximum Gasteiger partial charge on any atom is 0.303 e. The van der Waals surface area contributed by atoms with E-state index in [-0.39, 0.29) is 12.3 Å². The van der Waals surface area contributed by atoms with Crippen molar-refractivity contribution < 1.29 is 9.90 Å². The summed E-state index contributed by atoms with van der Waals surface area (Å²) in [5.41, 5.74) is 1.13. The molecule has 0 unspecified atom stereocenters. The third kappa shape index (κ3) is 3.79. The molecule has 0 bridgehead atoms. The van der Waals surface area contributed by atoms with Crippen molar-refractivity contribution in [2.45, 2.75) is 19.8 Å². The number of hydrogen-bond donors (Lipinski definition) is 1. The molecule has 0 saturated heterocycles. The molecule has 3 heteroatoms. The van der Waals surface area contributed by atoms with Crippen LogP contribution in [0.25, 0.3) is 0 Å². The van der Waals surface area contributed by atoms with Crippen molar-refractivity contribution in [1.29, 1.82) is 0 Å². The molecule has 1 aromatic rings. The molecule has 0 saturated carbocycles. The summed E-state index contributed by atoms with van der Waals surface area (Å²) in [6.45, 7) is 1.93. The minimum absolute atomic E-state index is 0.161. The zero-order chi connectivity index (χ0) is 10.6. The Morgan fingerprint density at radius 3 is 2.50 bits per heavy atom. The molecular weight excluding hydrogens is 200 g/mol. The Hall–Kier alpha value is -1.02. The summed E-state index contributed by atoms with van der Waals surface area (Å²) in [6, 6.07) is 7.51. The van der Waals surface area contributed by atoms with E-state index in [1.807, 2.05) is 31.2 Å². The Morgan fingerprint density at radius 2 is 2.00 bits per heavy atom. The Balaban J connectivity index is 2.51. The predicted octanol–water partition coefficient (Wildman–Crippen LogP) is 2.99. The van der Waals surface area contributed by atoms with Gasteiger partial charge in [0.15, 0.2) is 0 Å². The minimum Gasteiger partial charge on any atom is -0.481 e. The van der Waals surface area contributed by atoms with Gasteiger partial charge in [-0.05, 0) is 30.0 Å². The summed E-state index contributed by atoms with van der Waals surface area (Å²) in [4.78, 5) is 10.4. The molecular formula is C11H13ClO2. The minimum atomic E-state index is -0.744. The molecule has 0 heterocycles. The monoisotopic (exact) mass is 212 g/mol. The molecule has 76 valence electrons. The molecule has 2 nitrogen and oxygen atoms in total. The van der Waals surface area contributed by atoms with Crippen molar-refractivity contribution in [3.05, 3.63) is 34.9 Å². The number of benzene rings is 1. The van der Waals surface area contributed by atoms with E-state index in [1.165, 1.54) is 0 Å². The zero-order valence-electron chi connectivity index (χ0n) is 8.03. The third-order valence-electron chi connectivity index (χ3n) is 2.02. The number of rotatable bonds is 4. The fraction of sp³-hybridized carbons (Fsp3) is 0.364. The second kappa shape index (κ2) is 5.01. The number of carbonyl (C=O) groups is 1. The Bertz CT molecular complexity index is 306. The van der Waals surface area contributed by atoms with Crippen molar-refractivity contribution in [3.8, 4) is 0 Å². The lowest BCUT2D eigenvalue weighted by atomic mass is 9.98. The molecule has 0 aliphatic heterocycles. The lowest BCUT2D eigenvalue weighted by Gasteiger charge is -2.08. The van der Waals surface area contributed by atoms with Crippen LogP contribution >= 0.6 is 11.6 Å². The number of carboxylic acid groups (broad SMARTS) is 1. The Labute approximate surface area is 88.5 Å². The van der Waals surface area contributed by atoms with Gasteiger partial charge in [0.1, 0.15) is 0 Å². The van der Waals surface area contributed by atoms with Gasteiger partial charge < -0.3 is 5.11 Å². The number of aliphatic carboxylic acids is 1. The van der Waals surface area contributed by atoms with Gasteiger partial charge in [-0.15, -0.1) is 0 Å². The first kappa shape index (κ1) is 11.1. The average Bonchev–Trinajstić information content (AvgIpc) is 2.07. The summed E-state index contributed by atoms with van der Waals surface area (Å²) in [5, 5.41) is 9.29. The average molecular weight is 213 g/mol. The van der Waals surface area contributed by atoms with E-state index < -0.39 is 5.97 Å². The van der Waals surface area contributed by atoms with E-state index in [0.29, 0.717) is 5.02 Å². The summed E-state index contributed by atoms with van der Waals surface area (Å²) in [7, 11) is 0. The first-order valence-corrected chi connectivity index (χ1v) is 4.92. The van der Waals surface area contributed by atoms with E-state index in [4.69, 9.17) is 16.7 Å². The van der Waals surface area contributed by atoms with Crippen LogP contribution < -0.4 is 0 Å². The van der Waals surface area contributed by atoms with Gasteiger partial charge in [0.05, 0.1) is 0 Å². The van der Waals surface area contributed by atoms with Crippen LogP contribution in [-0.2, 0) is 11.2 Å². The van der Waals surface area contributed by atoms with E-state index in [2.05, 4.69) is 0 Å². The molecule has 0 aliphatic rings. The van der Waals surface area contributed by atoms with Crippen molar-refractivity contribution in [3.63, 3.8) is 0 Å². The van der Waals surface area contributed by atoms with Crippen LogP contribution in [0, 0.1) is 5.92 Å². The number of hydrogen-bond acceptors (Lipinski definition) is 1. The number of carboxylic acids is 1. The first-order chi connectivity index (χ1) is 6.58. The summed E-state index contributed by atoms with van der Waals surface area (Å²) in [5.74, 6) is -0.583. The van der Waals surface area contributed by atoms with Gasteiger partial charge in [0, 0.05) is 11.4 Å². The topological polar surface area (TPSA) is 37.3 Å². The molecule has 14 heavy (non-hydrogen) atoms. The normalized spacial score (nSPS) is 12.4. The molecule has 1 aromatic carbocycles. The SMILES string of the molecule is C[C@@H](CC(=O)O)Cc1ccc(Cl)cc1. The van der Waals surface area contributed by atoms with Crippen LogP contribution in [0.4, 0.5) is 0 Å². The molecule has 0 aromatic heterocycles. The van der Waals surface area contributed by atoms with Gasteiger partial charge in [-0.1, -0.05) is 30.7 Å². The van der Waals surface area contributed by atoms with Crippen LogP contribution in [0.15, 0.2) is 24.3 Å². The standard InChI is InChI=1S/C11H13ClO2/c1-8(7-11(13)14)6-9-2-4-10(12)5-3-9/h2-5,8H,6-7H2,1H3,(H,13,14)/t8-/m1/s1. The fourth-order valence-electron chi connectivity index (χ4n) is 1.39. The maximum absolute atomic E-state index is 10.4. The van der Waals surface area contributed by atoms with E-state index in [1.54, 1.807) is 0 Å². The predicted molar refractivity (Wildman–Crippen MR) is 56.6 cm³/mol. The summed E-state index contributed by atoms with van der Waals surface area (Å²) >= 11 is 5.74. The molecule has 1 N–H and O–H groups in total. The van der Waals surface area contributed by atoms with Gasteiger partial charge in [0.2, 0.25) is 0 Å². The van der Waals surface area contributed by atoms with Gasteiger partial charge in [-0.2, -0.15) is 0 Å². The molecule has 1 rings (SSSR count). The van der Waals surface area contributed by atoms with E-state index in [9.17, 15) is 4.79 Å². The second-order valence-electron chi connectivity index (χ2n) is 3.53. The zero-order valence-corrected chi connectivity index (χ0v) is 8.79. The van der Waals surface area contributed by atoms with E-state index in [0.717, 1.165) is 12.0 Å². The van der Waals surface area contributed by atoms with Crippen LogP contribution in [0.3, 0.4) is 0 Å². The van der Waals surface area contributed by atoms with Crippen LogP contribution in [0.1, 0.15) is 18.9 Å². The van der Waals surface area contributed by atoms with Gasteiger partial charge in [-0.3, -0.25) is 4.79 Å². The molecule has 0 radical (unpaired) electrons. The summed E-state index contributed by atoms with van der Waals surface area (Å²) < 4.78 is 0. The molecule has 1 atom stereocenters. The quantitative estimate of drug-likeness (QED) is 0.833. The van der Waals surface area contributed by atoms with E-state index >= 15 is 0 Å². The molecule has 0 aliphatic carbocycles. The number of halogens is 1. The summed E-state index contributed by atoms with van der Waals surface area (Å²) in [6.07, 6.45) is 0.992. The highest BCUT2D eigenvalue weighted by molar-refractivity contribution is 6.30. The highest BCUT2D eigenvalue weighted by Crippen LogP contribution is 2.14.